The van der Waals surface area contributed by atoms with E-state index in [2.05, 4.69) is 45.5 Å². The molecule has 28 heavy (non-hydrogen) atoms. The SMILES string of the molecule is O=C(Nc1ccc(N2CCC(Cc3ccccc3)CC2)nc1)C1CCCCC1. The number of piperidine rings is 1. The van der Waals surface area contributed by atoms with Crippen molar-refractivity contribution in [1.29, 1.82) is 0 Å². The van der Waals surface area contributed by atoms with E-state index in [9.17, 15) is 4.79 Å². The quantitative estimate of drug-likeness (QED) is 0.792. The zero-order valence-corrected chi connectivity index (χ0v) is 16.6. The Morgan fingerprint density at radius 2 is 1.71 bits per heavy atom. The number of aromatic nitrogens is 1. The van der Waals surface area contributed by atoms with E-state index in [4.69, 9.17) is 0 Å². The lowest BCUT2D eigenvalue weighted by Crippen LogP contribution is -2.34. The highest BCUT2D eigenvalue weighted by atomic mass is 16.1. The second-order valence-electron chi connectivity index (χ2n) is 8.35. The number of benzene rings is 1. The summed E-state index contributed by atoms with van der Waals surface area (Å²) in [5.74, 6) is 2.12. The summed E-state index contributed by atoms with van der Waals surface area (Å²) in [5.41, 5.74) is 2.26. The molecule has 4 nitrogen and oxygen atoms in total. The number of amides is 1. The summed E-state index contributed by atoms with van der Waals surface area (Å²) in [6.07, 6.45) is 11.1. The molecule has 2 fully saturated rings. The van der Waals surface area contributed by atoms with E-state index in [1.807, 2.05) is 18.3 Å². The van der Waals surface area contributed by atoms with Gasteiger partial charge in [0.1, 0.15) is 5.82 Å². The predicted molar refractivity (Wildman–Crippen MR) is 115 cm³/mol. The molecule has 0 bridgehead atoms. The highest BCUT2D eigenvalue weighted by molar-refractivity contribution is 5.92. The normalized spacial score (nSPS) is 18.8. The topological polar surface area (TPSA) is 45.2 Å². The average molecular weight is 378 g/mol. The van der Waals surface area contributed by atoms with Crippen molar-refractivity contribution >= 4 is 17.4 Å². The molecule has 4 heteroatoms. The van der Waals surface area contributed by atoms with Crippen LogP contribution in [0.15, 0.2) is 48.7 Å². The third-order valence-corrected chi connectivity index (χ3v) is 6.30. The summed E-state index contributed by atoms with van der Waals surface area (Å²) in [4.78, 5) is 19.4. The van der Waals surface area contributed by atoms with Crippen molar-refractivity contribution in [2.45, 2.75) is 51.4 Å². The average Bonchev–Trinajstić information content (AvgIpc) is 2.76. The molecular weight excluding hydrogens is 346 g/mol. The number of anilines is 2. The number of hydrogen-bond donors (Lipinski definition) is 1. The molecule has 1 saturated carbocycles. The fraction of sp³-hybridized carbons (Fsp3) is 0.500. The number of nitrogens with one attached hydrogen (secondary N) is 1. The second-order valence-corrected chi connectivity index (χ2v) is 8.35. The van der Waals surface area contributed by atoms with Crippen LogP contribution in [-0.4, -0.2) is 24.0 Å². The van der Waals surface area contributed by atoms with Crippen LogP contribution in [0.2, 0.25) is 0 Å². The van der Waals surface area contributed by atoms with Gasteiger partial charge in [-0.1, -0.05) is 49.6 Å². The van der Waals surface area contributed by atoms with Gasteiger partial charge in [-0.25, -0.2) is 4.98 Å². The Morgan fingerprint density at radius 1 is 0.964 bits per heavy atom. The molecule has 1 N–H and O–H groups in total. The van der Waals surface area contributed by atoms with Crippen LogP contribution in [0.1, 0.15) is 50.5 Å². The Hall–Kier alpha value is -2.36. The largest absolute Gasteiger partial charge is 0.357 e. The fourth-order valence-electron chi connectivity index (χ4n) is 4.57. The van der Waals surface area contributed by atoms with Crippen molar-refractivity contribution in [3.05, 3.63) is 54.2 Å². The molecular formula is C24H31N3O. The predicted octanol–water partition coefficient (Wildman–Crippen LogP) is 5.06. The molecule has 1 aliphatic carbocycles. The molecule has 0 atom stereocenters. The molecule has 0 unspecified atom stereocenters. The van der Waals surface area contributed by atoms with Crippen LogP contribution in [0.3, 0.4) is 0 Å². The Kier molecular flexibility index (Phi) is 6.25. The first kappa shape index (κ1) is 19.0. The Balaban J connectivity index is 1.27. The monoisotopic (exact) mass is 377 g/mol. The highest BCUT2D eigenvalue weighted by Crippen LogP contribution is 2.27. The van der Waals surface area contributed by atoms with Crippen molar-refractivity contribution in [2.24, 2.45) is 11.8 Å². The van der Waals surface area contributed by atoms with E-state index in [-0.39, 0.29) is 11.8 Å². The summed E-state index contributed by atoms with van der Waals surface area (Å²) in [7, 11) is 0. The molecule has 2 aliphatic rings. The van der Waals surface area contributed by atoms with E-state index in [0.29, 0.717) is 0 Å². The standard InChI is InChI=1S/C24H31N3O/c28-24(21-9-5-2-6-10-21)26-22-11-12-23(25-18-22)27-15-13-20(14-16-27)17-19-7-3-1-4-8-19/h1,3-4,7-8,11-12,18,20-21H,2,5-6,9-10,13-17H2,(H,26,28). The summed E-state index contributed by atoms with van der Waals surface area (Å²) in [5, 5.41) is 3.06. The minimum Gasteiger partial charge on any atom is -0.357 e. The molecule has 1 saturated heterocycles. The van der Waals surface area contributed by atoms with Gasteiger partial charge in [-0.3, -0.25) is 4.79 Å². The van der Waals surface area contributed by atoms with Gasteiger partial charge in [0.25, 0.3) is 0 Å². The van der Waals surface area contributed by atoms with Crippen molar-refractivity contribution < 1.29 is 4.79 Å². The number of rotatable bonds is 5. The van der Waals surface area contributed by atoms with Gasteiger partial charge in [-0.15, -0.1) is 0 Å². The molecule has 1 amide bonds. The van der Waals surface area contributed by atoms with Gasteiger partial charge in [-0.05, 0) is 55.7 Å². The summed E-state index contributed by atoms with van der Waals surface area (Å²) in [6, 6.07) is 14.8. The summed E-state index contributed by atoms with van der Waals surface area (Å²) in [6.45, 7) is 2.11. The van der Waals surface area contributed by atoms with Crippen LogP contribution in [-0.2, 0) is 11.2 Å². The first-order valence-electron chi connectivity index (χ1n) is 10.8. The van der Waals surface area contributed by atoms with Crippen LogP contribution in [0.25, 0.3) is 0 Å². The summed E-state index contributed by atoms with van der Waals surface area (Å²) < 4.78 is 0. The van der Waals surface area contributed by atoms with Gasteiger partial charge in [-0.2, -0.15) is 0 Å². The third kappa shape index (κ3) is 4.92. The fourth-order valence-corrected chi connectivity index (χ4v) is 4.57. The summed E-state index contributed by atoms with van der Waals surface area (Å²) >= 11 is 0. The van der Waals surface area contributed by atoms with Gasteiger partial charge in [0.15, 0.2) is 0 Å². The van der Waals surface area contributed by atoms with Crippen molar-refractivity contribution in [3.8, 4) is 0 Å². The van der Waals surface area contributed by atoms with Gasteiger partial charge < -0.3 is 10.2 Å². The van der Waals surface area contributed by atoms with Crippen LogP contribution in [0.5, 0.6) is 0 Å². The van der Waals surface area contributed by atoms with E-state index in [1.54, 1.807) is 0 Å². The Morgan fingerprint density at radius 3 is 2.39 bits per heavy atom. The van der Waals surface area contributed by atoms with Gasteiger partial charge >= 0.3 is 0 Å². The number of pyridine rings is 1. The van der Waals surface area contributed by atoms with E-state index >= 15 is 0 Å². The molecule has 4 rings (SSSR count). The maximum atomic E-state index is 12.4. The number of nitrogens with zero attached hydrogens (tertiary/aromatic N) is 2. The van der Waals surface area contributed by atoms with E-state index in [0.717, 1.165) is 43.4 Å². The maximum Gasteiger partial charge on any atom is 0.227 e. The van der Waals surface area contributed by atoms with Crippen molar-refractivity contribution in [2.75, 3.05) is 23.3 Å². The number of carbonyl (C=O) groups is 1. The molecule has 0 radical (unpaired) electrons. The van der Waals surface area contributed by atoms with Gasteiger partial charge in [0.2, 0.25) is 5.91 Å². The lowest BCUT2D eigenvalue weighted by Gasteiger charge is -2.33. The van der Waals surface area contributed by atoms with Crippen LogP contribution >= 0.6 is 0 Å². The maximum absolute atomic E-state index is 12.4. The first-order valence-corrected chi connectivity index (χ1v) is 10.8. The molecule has 148 valence electrons. The molecule has 2 aromatic rings. The van der Waals surface area contributed by atoms with Crippen LogP contribution in [0, 0.1) is 11.8 Å². The number of hydrogen-bond acceptors (Lipinski definition) is 3. The van der Waals surface area contributed by atoms with E-state index < -0.39 is 0 Å². The smallest absolute Gasteiger partial charge is 0.227 e. The van der Waals surface area contributed by atoms with Crippen molar-refractivity contribution in [1.82, 2.24) is 4.98 Å². The molecule has 1 aliphatic heterocycles. The first-order chi connectivity index (χ1) is 13.8. The molecule has 0 spiro atoms. The minimum absolute atomic E-state index is 0.163. The van der Waals surface area contributed by atoms with Gasteiger partial charge in [0, 0.05) is 19.0 Å². The van der Waals surface area contributed by atoms with Crippen LogP contribution in [0.4, 0.5) is 11.5 Å². The Labute approximate surface area is 168 Å². The molecule has 1 aromatic heterocycles. The zero-order valence-electron chi connectivity index (χ0n) is 16.6. The lowest BCUT2D eigenvalue weighted by atomic mass is 9.88. The van der Waals surface area contributed by atoms with E-state index in [1.165, 1.54) is 44.1 Å². The number of carbonyl (C=O) groups excluding carboxylic acids is 1. The second kappa shape index (κ2) is 9.22. The minimum atomic E-state index is 0.163. The Bertz CT molecular complexity index is 745. The lowest BCUT2D eigenvalue weighted by molar-refractivity contribution is -0.120. The highest BCUT2D eigenvalue weighted by Gasteiger charge is 2.22. The zero-order chi connectivity index (χ0) is 19.2. The van der Waals surface area contributed by atoms with Crippen molar-refractivity contribution in [3.63, 3.8) is 0 Å². The molecule has 1 aromatic carbocycles. The van der Waals surface area contributed by atoms with Crippen LogP contribution < -0.4 is 10.2 Å². The third-order valence-electron chi connectivity index (χ3n) is 6.30. The van der Waals surface area contributed by atoms with Gasteiger partial charge in [0.05, 0.1) is 11.9 Å². The molecule has 2 heterocycles.